The van der Waals surface area contributed by atoms with Crippen LogP contribution in [0.25, 0.3) is 0 Å². The first-order valence-electron chi connectivity index (χ1n) is 11.2. The van der Waals surface area contributed by atoms with E-state index in [-0.39, 0.29) is 29.9 Å². The van der Waals surface area contributed by atoms with Crippen molar-refractivity contribution in [2.75, 3.05) is 39.6 Å². The number of nitrogens with two attached hydrogens (primary N) is 1. The number of methoxy groups -OCH3 is 2. The molecule has 3 N–H and O–H groups in total. The molecule has 2 fully saturated rings. The first-order valence-corrected chi connectivity index (χ1v) is 11.6. The number of piperidine rings is 1. The minimum atomic E-state index is -0.265. The molecule has 1 amide bonds. The molecule has 2 atom stereocenters. The average Bonchev–Trinajstić information content (AvgIpc) is 2.81. The molecule has 1 saturated carbocycles. The van der Waals surface area contributed by atoms with Crippen LogP contribution in [0.5, 0.6) is 5.75 Å². The van der Waals surface area contributed by atoms with Gasteiger partial charge in [-0.3, -0.25) is 14.5 Å². The molecule has 32 heavy (non-hydrogen) atoms. The van der Waals surface area contributed by atoms with Gasteiger partial charge in [0.2, 0.25) is 0 Å². The number of carbonyl (C=O) groups excluding carboxylic acids is 2. The Morgan fingerprint density at radius 3 is 2.53 bits per heavy atom. The fourth-order valence-electron chi connectivity index (χ4n) is 4.77. The van der Waals surface area contributed by atoms with Gasteiger partial charge in [0.05, 0.1) is 48.1 Å². The van der Waals surface area contributed by atoms with Gasteiger partial charge >= 0.3 is 5.97 Å². The summed E-state index contributed by atoms with van der Waals surface area (Å²) in [7, 11) is 3.16. The predicted octanol–water partition coefficient (Wildman–Crippen LogP) is 2.87. The van der Waals surface area contributed by atoms with Crippen molar-refractivity contribution < 1.29 is 23.8 Å². The summed E-state index contributed by atoms with van der Waals surface area (Å²) < 4.78 is 16.2. The number of hydrogen-bond donors (Lipinski definition) is 2. The number of benzene rings is 1. The van der Waals surface area contributed by atoms with Crippen LogP contribution >= 0.6 is 11.6 Å². The predicted molar refractivity (Wildman–Crippen MR) is 123 cm³/mol. The van der Waals surface area contributed by atoms with Gasteiger partial charge in [0, 0.05) is 32.3 Å². The van der Waals surface area contributed by atoms with Crippen molar-refractivity contribution in [2.24, 2.45) is 5.92 Å². The monoisotopic (exact) mass is 467 g/mol. The summed E-state index contributed by atoms with van der Waals surface area (Å²) in [5.41, 5.74) is 6.53. The standard InChI is InChI=1S/C23H34ClN3O5/c1-4-32-23(29)14-5-7-15(8-6-14)27-10-9-19(21(13-27)31-3)26-22(28)16-11-17(24)18(25)12-20(16)30-2/h11-12,14-15,19,21H,4-10,13,25H2,1-3H3,(H,26,28). The Bertz CT molecular complexity index is 813. The molecule has 0 bridgehead atoms. The molecule has 2 unspecified atom stereocenters. The van der Waals surface area contributed by atoms with E-state index in [9.17, 15) is 9.59 Å². The molecule has 1 saturated heterocycles. The fourth-order valence-corrected chi connectivity index (χ4v) is 4.94. The van der Waals surface area contributed by atoms with Gasteiger partial charge in [-0.25, -0.2) is 0 Å². The molecule has 1 aliphatic carbocycles. The highest BCUT2D eigenvalue weighted by Gasteiger charge is 2.36. The summed E-state index contributed by atoms with van der Waals surface area (Å²) in [6.45, 7) is 3.87. The third-order valence-electron chi connectivity index (χ3n) is 6.61. The first kappa shape index (κ1) is 24.6. The molecule has 9 heteroatoms. The van der Waals surface area contributed by atoms with E-state index in [1.807, 2.05) is 6.92 Å². The van der Waals surface area contributed by atoms with E-state index in [0.717, 1.165) is 45.2 Å². The Hall–Kier alpha value is -2.03. The Morgan fingerprint density at radius 2 is 1.91 bits per heavy atom. The van der Waals surface area contributed by atoms with Crippen LogP contribution < -0.4 is 15.8 Å². The summed E-state index contributed by atoms with van der Waals surface area (Å²) in [5, 5.41) is 3.40. The number of anilines is 1. The summed E-state index contributed by atoms with van der Waals surface area (Å²) in [5.74, 6) is 0.0664. The summed E-state index contributed by atoms with van der Waals surface area (Å²) >= 11 is 6.12. The maximum absolute atomic E-state index is 13.0. The van der Waals surface area contributed by atoms with E-state index >= 15 is 0 Å². The smallest absolute Gasteiger partial charge is 0.308 e. The highest BCUT2D eigenvalue weighted by molar-refractivity contribution is 6.33. The van der Waals surface area contributed by atoms with Gasteiger partial charge in [0.1, 0.15) is 5.75 Å². The molecule has 1 aromatic rings. The number of carbonyl (C=O) groups is 2. The normalized spacial score (nSPS) is 26.4. The number of esters is 1. The first-order chi connectivity index (χ1) is 15.4. The van der Waals surface area contributed by atoms with E-state index in [0.29, 0.717) is 34.7 Å². The van der Waals surface area contributed by atoms with E-state index in [4.69, 9.17) is 31.5 Å². The topological polar surface area (TPSA) is 103 Å². The molecular formula is C23H34ClN3O5. The lowest BCUT2D eigenvalue weighted by atomic mass is 9.84. The van der Waals surface area contributed by atoms with E-state index < -0.39 is 0 Å². The second kappa shape index (κ2) is 11.2. The average molecular weight is 468 g/mol. The molecule has 3 rings (SSSR count). The summed E-state index contributed by atoms with van der Waals surface area (Å²) in [6.07, 6.45) is 4.29. The third kappa shape index (κ3) is 5.66. The zero-order valence-corrected chi connectivity index (χ0v) is 19.8. The van der Waals surface area contributed by atoms with Crippen LogP contribution in [0.1, 0.15) is 49.4 Å². The summed E-state index contributed by atoms with van der Waals surface area (Å²) in [6, 6.07) is 3.39. The fraction of sp³-hybridized carbons (Fsp3) is 0.652. The zero-order valence-electron chi connectivity index (χ0n) is 19.1. The van der Waals surface area contributed by atoms with Crippen LogP contribution in [-0.2, 0) is 14.3 Å². The molecule has 1 heterocycles. The number of rotatable bonds is 7. The molecule has 2 aliphatic rings. The van der Waals surface area contributed by atoms with Gasteiger partial charge in [-0.1, -0.05) is 11.6 Å². The van der Waals surface area contributed by atoms with Crippen LogP contribution in [0.15, 0.2) is 12.1 Å². The number of hydrogen-bond acceptors (Lipinski definition) is 7. The highest BCUT2D eigenvalue weighted by Crippen LogP contribution is 2.32. The molecule has 0 spiro atoms. The maximum Gasteiger partial charge on any atom is 0.308 e. The van der Waals surface area contributed by atoms with Gasteiger partial charge < -0.3 is 25.3 Å². The molecule has 1 aliphatic heterocycles. The SMILES string of the molecule is CCOC(=O)C1CCC(N2CCC(NC(=O)c3cc(Cl)c(N)cc3OC)C(OC)C2)CC1. The lowest BCUT2D eigenvalue weighted by Crippen LogP contribution is -2.57. The Labute approximate surface area is 194 Å². The van der Waals surface area contributed by atoms with Crippen molar-refractivity contribution in [3.05, 3.63) is 22.7 Å². The van der Waals surface area contributed by atoms with Crippen molar-refractivity contribution in [3.63, 3.8) is 0 Å². The quantitative estimate of drug-likeness (QED) is 0.469. The molecular weight excluding hydrogens is 434 g/mol. The van der Waals surface area contributed by atoms with Crippen molar-refractivity contribution in [3.8, 4) is 5.75 Å². The lowest BCUT2D eigenvalue weighted by Gasteiger charge is -2.43. The largest absolute Gasteiger partial charge is 0.496 e. The Balaban J connectivity index is 1.58. The minimum absolute atomic E-state index is 0.0166. The second-order valence-electron chi connectivity index (χ2n) is 8.47. The van der Waals surface area contributed by atoms with Crippen LogP contribution in [0, 0.1) is 5.92 Å². The van der Waals surface area contributed by atoms with Gasteiger partial charge in [-0.05, 0) is 45.1 Å². The minimum Gasteiger partial charge on any atom is -0.496 e. The van der Waals surface area contributed by atoms with Crippen LogP contribution in [-0.4, -0.2) is 68.9 Å². The maximum atomic E-state index is 13.0. The van der Waals surface area contributed by atoms with E-state index in [1.54, 1.807) is 13.2 Å². The number of halogens is 1. The van der Waals surface area contributed by atoms with Crippen LogP contribution in [0.4, 0.5) is 5.69 Å². The zero-order chi connectivity index (χ0) is 23.3. The number of nitrogen functional groups attached to an aromatic ring is 1. The second-order valence-corrected chi connectivity index (χ2v) is 8.88. The Kier molecular flexibility index (Phi) is 8.62. The Morgan fingerprint density at radius 1 is 1.19 bits per heavy atom. The molecule has 1 aromatic carbocycles. The number of amides is 1. The third-order valence-corrected chi connectivity index (χ3v) is 6.93. The molecule has 0 aromatic heterocycles. The van der Waals surface area contributed by atoms with Crippen molar-refractivity contribution in [1.29, 1.82) is 0 Å². The number of likely N-dealkylation sites (tertiary alicyclic amines) is 1. The van der Waals surface area contributed by atoms with Gasteiger partial charge in [-0.15, -0.1) is 0 Å². The van der Waals surface area contributed by atoms with E-state index in [2.05, 4.69) is 10.2 Å². The molecule has 0 radical (unpaired) electrons. The van der Waals surface area contributed by atoms with Crippen LogP contribution in [0.2, 0.25) is 5.02 Å². The van der Waals surface area contributed by atoms with E-state index in [1.165, 1.54) is 13.2 Å². The van der Waals surface area contributed by atoms with Gasteiger partial charge in [0.15, 0.2) is 0 Å². The van der Waals surface area contributed by atoms with Gasteiger partial charge in [-0.2, -0.15) is 0 Å². The van der Waals surface area contributed by atoms with Crippen molar-refractivity contribution in [1.82, 2.24) is 10.2 Å². The summed E-state index contributed by atoms with van der Waals surface area (Å²) in [4.78, 5) is 27.4. The lowest BCUT2D eigenvalue weighted by molar-refractivity contribution is -0.149. The molecule has 178 valence electrons. The highest BCUT2D eigenvalue weighted by atomic mass is 35.5. The molecule has 8 nitrogen and oxygen atoms in total. The number of ether oxygens (including phenoxy) is 3. The van der Waals surface area contributed by atoms with Crippen molar-refractivity contribution in [2.45, 2.75) is 57.2 Å². The number of nitrogens with zero attached hydrogens (tertiary/aromatic N) is 1. The number of nitrogens with one attached hydrogen (secondary N) is 1. The van der Waals surface area contributed by atoms with Crippen LogP contribution in [0.3, 0.4) is 0 Å². The van der Waals surface area contributed by atoms with Gasteiger partial charge in [0.25, 0.3) is 5.91 Å². The van der Waals surface area contributed by atoms with Crippen molar-refractivity contribution >= 4 is 29.2 Å².